The van der Waals surface area contributed by atoms with E-state index in [2.05, 4.69) is 11.3 Å². The van der Waals surface area contributed by atoms with Crippen LogP contribution in [0.1, 0.15) is 6.92 Å². The molecule has 1 atom stereocenters. The Kier molecular flexibility index (Phi) is 6.97. The van der Waals surface area contributed by atoms with Gasteiger partial charge in [-0.15, -0.1) is 0 Å². The Morgan fingerprint density at radius 3 is 1.28 bits per heavy atom. The van der Waals surface area contributed by atoms with E-state index < -0.39 is 59.9 Å². The summed E-state index contributed by atoms with van der Waals surface area (Å²) in [5, 5.41) is 0. The minimum absolute atomic E-state index is 0.584. The number of rotatable bonds is 9. The minimum Gasteiger partial charge on any atom is -0.421 e. The summed E-state index contributed by atoms with van der Waals surface area (Å²) >= 11 is 0. The molecule has 0 spiro atoms. The third-order valence-electron chi connectivity index (χ3n) is 3.14. The van der Waals surface area contributed by atoms with Gasteiger partial charge in [0, 0.05) is 5.57 Å². The number of ether oxygens (including phenoxy) is 1. The second-order valence-electron chi connectivity index (χ2n) is 5.35. The standard InChI is InChI=1S/C12H7F15O2/c1-3(2)4(28)29-6(15)8(18,19)10(22,23)12(26,27)11(24,25)9(20,21)7(16,17)5(13)14/h5-6H,1H2,2H3. The van der Waals surface area contributed by atoms with Crippen molar-refractivity contribution in [2.45, 2.75) is 55.2 Å². The maximum Gasteiger partial charge on any atom is 0.385 e. The fourth-order valence-electron chi connectivity index (χ4n) is 1.36. The van der Waals surface area contributed by atoms with Crippen molar-refractivity contribution >= 4 is 5.97 Å². The quantitative estimate of drug-likeness (QED) is 0.255. The first-order valence-electron chi connectivity index (χ1n) is 6.50. The SMILES string of the molecule is C=C(C)C(=O)OC(F)C(F)(F)C(F)(F)C(F)(F)C(F)(F)C(F)(F)C(F)(F)C(F)F. The number of carbonyl (C=O) groups excluding carboxylic acids is 1. The van der Waals surface area contributed by atoms with Crippen LogP contribution in [0, 0.1) is 0 Å². The molecule has 0 saturated carbocycles. The molecule has 0 bridgehead atoms. The van der Waals surface area contributed by atoms with Crippen LogP contribution in [-0.4, -0.2) is 54.3 Å². The van der Waals surface area contributed by atoms with Crippen LogP contribution in [0.4, 0.5) is 65.9 Å². The summed E-state index contributed by atoms with van der Waals surface area (Å²) < 4.78 is 197. The molecule has 0 aliphatic heterocycles. The molecule has 29 heavy (non-hydrogen) atoms. The normalized spacial score (nSPS) is 16.0. The number of hydrogen-bond donors (Lipinski definition) is 0. The Morgan fingerprint density at radius 2 is 1.00 bits per heavy atom. The lowest BCUT2D eigenvalue weighted by Gasteiger charge is -2.41. The molecule has 0 radical (unpaired) electrons. The Labute approximate surface area is 150 Å². The molecule has 0 N–H and O–H groups in total. The first kappa shape index (κ1) is 27.2. The van der Waals surface area contributed by atoms with Crippen molar-refractivity contribution in [1.82, 2.24) is 0 Å². The average molecular weight is 468 g/mol. The fourth-order valence-corrected chi connectivity index (χ4v) is 1.36. The zero-order valence-corrected chi connectivity index (χ0v) is 13.3. The lowest BCUT2D eigenvalue weighted by molar-refractivity contribution is -0.441. The number of alkyl halides is 15. The van der Waals surface area contributed by atoms with Crippen LogP contribution in [0.25, 0.3) is 0 Å². The van der Waals surface area contributed by atoms with E-state index in [0.29, 0.717) is 6.92 Å². The highest BCUT2D eigenvalue weighted by atomic mass is 19.4. The lowest BCUT2D eigenvalue weighted by atomic mass is 9.91. The highest BCUT2D eigenvalue weighted by molar-refractivity contribution is 5.87. The molecule has 0 aromatic rings. The van der Waals surface area contributed by atoms with Crippen LogP contribution in [0.15, 0.2) is 12.2 Å². The third kappa shape index (κ3) is 3.83. The van der Waals surface area contributed by atoms with Gasteiger partial charge in [-0.2, -0.15) is 57.1 Å². The molecule has 0 aromatic heterocycles. The zero-order chi connectivity index (χ0) is 24.0. The van der Waals surface area contributed by atoms with Crippen LogP contribution in [0.2, 0.25) is 0 Å². The summed E-state index contributed by atoms with van der Waals surface area (Å²) in [5.74, 6) is -49.5. The van der Waals surface area contributed by atoms with Gasteiger partial charge in [0.05, 0.1) is 0 Å². The van der Waals surface area contributed by atoms with Crippen LogP contribution in [0.5, 0.6) is 0 Å². The predicted octanol–water partition coefficient (Wildman–Crippen LogP) is 5.48. The molecule has 17 heteroatoms. The van der Waals surface area contributed by atoms with E-state index in [1.807, 2.05) is 0 Å². The van der Waals surface area contributed by atoms with E-state index in [-0.39, 0.29) is 0 Å². The topological polar surface area (TPSA) is 26.3 Å². The van der Waals surface area contributed by atoms with Crippen molar-refractivity contribution in [3.05, 3.63) is 12.2 Å². The summed E-state index contributed by atoms with van der Waals surface area (Å²) in [6.07, 6.45) is -11.0. The van der Waals surface area contributed by atoms with Gasteiger partial charge in [0.15, 0.2) is 0 Å². The second kappa shape index (κ2) is 7.45. The summed E-state index contributed by atoms with van der Waals surface area (Å²) in [6.45, 7) is 3.21. The Morgan fingerprint density at radius 1 is 0.690 bits per heavy atom. The van der Waals surface area contributed by atoms with Crippen LogP contribution >= 0.6 is 0 Å². The molecule has 0 aromatic carbocycles. The molecule has 0 saturated heterocycles. The number of halogens is 15. The largest absolute Gasteiger partial charge is 0.421 e. The maximum absolute atomic E-state index is 13.3. The van der Waals surface area contributed by atoms with Crippen molar-refractivity contribution in [2.75, 3.05) is 0 Å². The molecule has 1 unspecified atom stereocenters. The molecule has 0 fully saturated rings. The predicted molar refractivity (Wildman–Crippen MR) is 61.5 cm³/mol. The monoisotopic (exact) mass is 468 g/mol. The molecule has 0 aliphatic rings. The van der Waals surface area contributed by atoms with Gasteiger partial charge in [0.2, 0.25) is 0 Å². The first-order chi connectivity index (χ1) is 12.4. The molecular weight excluding hydrogens is 461 g/mol. The summed E-state index contributed by atoms with van der Waals surface area (Å²) in [4.78, 5) is 10.8. The van der Waals surface area contributed by atoms with Gasteiger partial charge < -0.3 is 4.74 Å². The van der Waals surface area contributed by atoms with E-state index in [1.165, 1.54) is 0 Å². The first-order valence-corrected chi connectivity index (χ1v) is 6.50. The van der Waals surface area contributed by atoms with E-state index in [9.17, 15) is 70.7 Å². The van der Waals surface area contributed by atoms with Crippen LogP contribution in [0.3, 0.4) is 0 Å². The third-order valence-corrected chi connectivity index (χ3v) is 3.14. The van der Waals surface area contributed by atoms with E-state index in [4.69, 9.17) is 0 Å². The molecule has 172 valence electrons. The van der Waals surface area contributed by atoms with Crippen molar-refractivity contribution in [3.8, 4) is 0 Å². The summed E-state index contributed by atoms with van der Waals surface area (Å²) in [6, 6.07) is 0. The smallest absolute Gasteiger partial charge is 0.385 e. The van der Waals surface area contributed by atoms with Crippen LogP contribution in [-0.2, 0) is 9.53 Å². The Hall–Kier alpha value is -1.84. The fraction of sp³-hybridized carbons (Fsp3) is 0.750. The molecule has 0 rings (SSSR count). The number of carbonyl (C=O) groups is 1. The molecule has 0 amide bonds. The zero-order valence-electron chi connectivity index (χ0n) is 13.3. The van der Waals surface area contributed by atoms with Gasteiger partial charge in [-0.3, -0.25) is 0 Å². The van der Waals surface area contributed by atoms with Gasteiger partial charge in [-0.05, 0) is 6.92 Å². The minimum atomic E-state index is -8.29. The maximum atomic E-state index is 13.3. The molecule has 0 aliphatic carbocycles. The molecule has 2 nitrogen and oxygen atoms in total. The van der Waals surface area contributed by atoms with Crippen LogP contribution < -0.4 is 0 Å². The molecular formula is C12H7F15O2. The average Bonchev–Trinajstić information content (AvgIpc) is 2.53. The highest BCUT2D eigenvalue weighted by Crippen LogP contribution is 2.61. The Bertz CT molecular complexity index is 639. The van der Waals surface area contributed by atoms with E-state index >= 15 is 0 Å². The summed E-state index contributed by atoms with van der Waals surface area (Å²) in [7, 11) is 0. The second-order valence-corrected chi connectivity index (χ2v) is 5.35. The van der Waals surface area contributed by atoms with Crippen molar-refractivity contribution in [2.24, 2.45) is 0 Å². The van der Waals surface area contributed by atoms with E-state index in [0.717, 1.165) is 0 Å². The van der Waals surface area contributed by atoms with Crippen molar-refractivity contribution < 1.29 is 75.4 Å². The summed E-state index contributed by atoms with van der Waals surface area (Å²) in [5.41, 5.74) is -1.01. The molecule has 0 heterocycles. The van der Waals surface area contributed by atoms with Crippen molar-refractivity contribution in [1.29, 1.82) is 0 Å². The van der Waals surface area contributed by atoms with Crippen molar-refractivity contribution in [3.63, 3.8) is 0 Å². The van der Waals surface area contributed by atoms with Gasteiger partial charge in [0.1, 0.15) is 0 Å². The van der Waals surface area contributed by atoms with Gasteiger partial charge in [-0.25, -0.2) is 13.6 Å². The van der Waals surface area contributed by atoms with Gasteiger partial charge in [0.25, 0.3) is 0 Å². The highest BCUT2D eigenvalue weighted by Gasteiger charge is 2.92. The number of esters is 1. The van der Waals surface area contributed by atoms with Gasteiger partial charge in [-0.1, -0.05) is 6.58 Å². The number of hydrogen-bond acceptors (Lipinski definition) is 2. The Balaban J connectivity index is 6.37. The lowest BCUT2D eigenvalue weighted by Crippen LogP contribution is -2.72. The van der Waals surface area contributed by atoms with Gasteiger partial charge >= 0.3 is 54.3 Å². The van der Waals surface area contributed by atoms with E-state index in [1.54, 1.807) is 0 Å².